The number of carbonyl (C=O) groups excluding carboxylic acids is 1. The van der Waals surface area contributed by atoms with Crippen molar-refractivity contribution in [3.05, 3.63) is 48.5 Å². The van der Waals surface area contributed by atoms with Crippen LogP contribution in [-0.4, -0.2) is 21.1 Å². The van der Waals surface area contributed by atoms with Crippen LogP contribution in [0.1, 0.15) is 10.5 Å². The normalized spacial score (nSPS) is 9.81. The standard InChI is InChI=1S/C11H9N3O2/c15-11(14-16)10-7-9(3-6-13-10)8-1-4-12-5-2-8/h1-7,16H,(H,14,15). The highest BCUT2D eigenvalue weighted by Crippen LogP contribution is 2.17. The second kappa shape index (κ2) is 4.50. The van der Waals surface area contributed by atoms with Gasteiger partial charge in [-0.2, -0.15) is 0 Å². The van der Waals surface area contributed by atoms with E-state index in [1.165, 1.54) is 6.20 Å². The van der Waals surface area contributed by atoms with E-state index < -0.39 is 5.91 Å². The molecule has 0 unspecified atom stereocenters. The predicted molar refractivity (Wildman–Crippen MR) is 56.7 cm³/mol. The third kappa shape index (κ3) is 2.04. The molecule has 2 N–H and O–H groups in total. The monoisotopic (exact) mass is 215 g/mol. The number of pyridine rings is 2. The lowest BCUT2D eigenvalue weighted by atomic mass is 10.1. The number of amides is 1. The summed E-state index contributed by atoms with van der Waals surface area (Å²) in [5.41, 5.74) is 3.49. The highest BCUT2D eigenvalue weighted by Gasteiger charge is 2.06. The maximum absolute atomic E-state index is 11.2. The molecule has 16 heavy (non-hydrogen) atoms. The molecule has 2 heterocycles. The molecule has 2 aromatic heterocycles. The molecular formula is C11H9N3O2. The lowest BCUT2D eigenvalue weighted by Gasteiger charge is -2.02. The molecule has 0 saturated heterocycles. The van der Waals surface area contributed by atoms with Crippen LogP contribution in [-0.2, 0) is 0 Å². The van der Waals surface area contributed by atoms with Gasteiger partial charge in [0.1, 0.15) is 5.69 Å². The van der Waals surface area contributed by atoms with Gasteiger partial charge in [0.2, 0.25) is 0 Å². The van der Waals surface area contributed by atoms with Gasteiger partial charge in [0.05, 0.1) is 0 Å². The summed E-state index contributed by atoms with van der Waals surface area (Å²) in [6, 6.07) is 7.04. The number of nitrogens with zero attached hydrogens (tertiary/aromatic N) is 2. The van der Waals surface area contributed by atoms with Crippen LogP contribution in [0.5, 0.6) is 0 Å². The molecule has 5 nitrogen and oxygen atoms in total. The third-order valence-corrected chi connectivity index (χ3v) is 2.11. The van der Waals surface area contributed by atoms with Crippen LogP contribution < -0.4 is 5.48 Å². The van der Waals surface area contributed by atoms with Crippen molar-refractivity contribution in [2.75, 3.05) is 0 Å². The van der Waals surface area contributed by atoms with Gasteiger partial charge in [0.15, 0.2) is 0 Å². The zero-order valence-electron chi connectivity index (χ0n) is 8.29. The SMILES string of the molecule is O=C(NO)c1cc(-c2ccncc2)ccn1. The molecule has 0 bridgehead atoms. The van der Waals surface area contributed by atoms with Crippen LogP contribution in [0.15, 0.2) is 42.9 Å². The predicted octanol–water partition coefficient (Wildman–Crippen LogP) is 1.26. The van der Waals surface area contributed by atoms with E-state index >= 15 is 0 Å². The lowest BCUT2D eigenvalue weighted by Crippen LogP contribution is -2.19. The van der Waals surface area contributed by atoms with Crippen molar-refractivity contribution < 1.29 is 10.0 Å². The first-order valence-electron chi connectivity index (χ1n) is 4.62. The van der Waals surface area contributed by atoms with Crippen molar-refractivity contribution >= 4 is 5.91 Å². The minimum atomic E-state index is -0.629. The van der Waals surface area contributed by atoms with Crippen LogP contribution in [0, 0.1) is 0 Å². The van der Waals surface area contributed by atoms with Crippen molar-refractivity contribution in [2.24, 2.45) is 0 Å². The molecule has 5 heteroatoms. The van der Waals surface area contributed by atoms with Gasteiger partial charge in [-0.1, -0.05) is 0 Å². The number of hydrogen-bond acceptors (Lipinski definition) is 4. The minimum absolute atomic E-state index is 0.164. The molecule has 0 saturated carbocycles. The van der Waals surface area contributed by atoms with Crippen LogP contribution >= 0.6 is 0 Å². The van der Waals surface area contributed by atoms with Crippen LogP contribution in [0.4, 0.5) is 0 Å². The molecule has 0 aliphatic heterocycles. The molecule has 0 aliphatic carbocycles. The first-order valence-corrected chi connectivity index (χ1v) is 4.62. The Labute approximate surface area is 91.8 Å². The molecule has 0 spiro atoms. The summed E-state index contributed by atoms with van der Waals surface area (Å²) >= 11 is 0. The number of carbonyl (C=O) groups is 1. The van der Waals surface area contributed by atoms with Crippen LogP contribution in [0.2, 0.25) is 0 Å². The van der Waals surface area contributed by atoms with Crippen LogP contribution in [0.25, 0.3) is 11.1 Å². The van der Waals surface area contributed by atoms with E-state index in [9.17, 15) is 4.79 Å². The average molecular weight is 215 g/mol. The zero-order chi connectivity index (χ0) is 11.4. The summed E-state index contributed by atoms with van der Waals surface area (Å²) in [5, 5.41) is 8.50. The van der Waals surface area contributed by atoms with E-state index in [-0.39, 0.29) is 5.69 Å². The molecule has 0 atom stereocenters. The van der Waals surface area contributed by atoms with Gasteiger partial charge in [-0.3, -0.25) is 20.0 Å². The fourth-order valence-corrected chi connectivity index (χ4v) is 1.34. The van der Waals surface area contributed by atoms with Crippen molar-refractivity contribution in [3.63, 3.8) is 0 Å². The Hall–Kier alpha value is -2.27. The van der Waals surface area contributed by atoms with E-state index in [1.807, 2.05) is 12.1 Å². The fourth-order valence-electron chi connectivity index (χ4n) is 1.34. The van der Waals surface area contributed by atoms with Gasteiger partial charge >= 0.3 is 0 Å². The fraction of sp³-hybridized carbons (Fsp3) is 0. The molecule has 0 radical (unpaired) electrons. The first kappa shape index (κ1) is 10.3. The van der Waals surface area contributed by atoms with E-state index in [0.717, 1.165) is 11.1 Å². The molecule has 0 fully saturated rings. The molecule has 0 aromatic carbocycles. The topological polar surface area (TPSA) is 75.1 Å². The smallest absolute Gasteiger partial charge is 0.288 e. The molecule has 0 aliphatic rings. The van der Waals surface area contributed by atoms with E-state index in [2.05, 4.69) is 9.97 Å². The van der Waals surface area contributed by atoms with Crippen LogP contribution in [0.3, 0.4) is 0 Å². The number of aromatic nitrogens is 2. The Bertz CT molecular complexity index is 500. The summed E-state index contributed by atoms with van der Waals surface area (Å²) in [5.74, 6) is -0.629. The van der Waals surface area contributed by atoms with Crippen molar-refractivity contribution in [1.82, 2.24) is 15.4 Å². The average Bonchev–Trinajstić information content (AvgIpc) is 2.39. The Kier molecular flexibility index (Phi) is 2.88. The molecular weight excluding hydrogens is 206 g/mol. The highest BCUT2D eigenvalue weighted by atomic mass is 16.5. The second-order valence-electron chi connectivity index (χ2n) is 3.11. The van der Waals surface area contributed by atoms with E-state index in [4.69, 9.17) is 5.21 Å². The number of nitrogens with one attached hydrogen (secondary N) is 1. The van der Waals surface area contributed by atoms with Gasteiger partial charge in [0, 0.05) is 18.6 Å². The quantitative estimate of drug-likeness (QED) is 0.584. The maximum atomic E-state index is 11.2. The van der Waals surface area contributed by atoms with Gasteiger partial charge in [-0.15, -0.1) is 0 Å². The van der Waals surface area contributed by atoms with Crippen molar-refractivity contribution in [3.8, 4) is 11.1 Å². The molecule has 80 valence electrons. The number of rotatable bonds is 2. The first-order chi connectivity index (χ1) is 7.81. The Morgan fingerprint density at radius 1 is 1.12 bits per heavy atom. The van der Waals surface area contributed by atoms with Gasteiger partial charge in [-0.05, 0) is 35.4 Å². The minimum Gasteiger partial charge on any atom is -0.288 e. The summed E-state index contributed by atoms with van der Waals surface area (Å²) in [6.45, 7) is 0. The maximum Gasteiger partial charge on any atom is 0.293 e. The Balaban J connectivity index is 2.40. The Morgan fingerprint density at radius 2 is 1.81 bits per heavy atom. The summed E-state index contributed by atoms with van der Waals surface area (Å²) < 4.78 is 0. The summed E-state index contributed by atoms with van der Waals surface area (Å²) in [4.78, 5) is 18.9. The number of hydrogen-bond donors (Lipinski definition) is 2. The molecule has 2 rings (SSSR count). The second-order valence-corrected chi connectivity index (χ2v) is 3.11. The number of hydroxylamine groups is 1. The van der Waals surface area contributed by atoms with E-state index in [1.54, 1.807) is 30.0 Å². The summed E-state index contributed by atoms with van der Waals surface area (Å²) in [6.07, 6.45) is 4.85. The summed E-state index contributed by atoms with van der Waals surface area (Å²) in [7, 11) is 0. The van der Waals surface area contributed by atoms with Gasteiger partial charge in [0.25, 0.3) is 5.91 Å². The molecule has 1 amide bonds. The largest absolute Gasteiger partial charge is 0.293 e. The van der Waals surface area contributed by atoms with Gasteiger partial charge in [-0.25, -0.2) is 5.48 Å². The zero-order valence-corrected chi connectivity index (χ0v) is 8.29. The van der Waals surface area contributed by atoms with E-state index in [0.29, 0.717) is 0 Å². The third-order valence-electron chi connectivity index (χ3n) is 2.11. The highest BCUT2D eigenvalue weighted by molar-refractivity contribution is 5.92. The lowest BCUT2D eigenvalue weighted by molar-refractivity contribution is 0.0701. The van der Waals surface area contributed by atoms with Crippen molar-refractivity contribution in [1.29, 1.82) is 0 Å². The van der Waals surface area contributed by atoms with Gasteiger partial charge < -0.3 is 0 Å². The Morgan fingerprint density at radius 3 is 2.50 bits per heavy atom. The molecule has 2 aromatic rings. The van der Waals surface area contributed by atoms with Crippen molar-refractivity contribution in [2.45, 2.75) is 0 Å².